The van der Waals surface area contributed by atoms with E-state index in [1.54, 1.807) is 49.8 Å². The molecule has 5 atom stereocenters. The highest BCUT2D eigenvalue weighted by Crippen LogP contribution is 1.98. The van der Waals surface area contributed by atoms with Crippen molar-refractivity contribution < 1.29 is 47.4 Å². The van der Waals surface area contributed by atoms with Crippen molar-refractivity contribution in [1.29, 1.82) is 0 Å². The molecule has 5 unspecified atom stereocenters. The van der Waals surface area contributed by atoms with Crippen LogP contribution >= 0.6 is 0 Å². The van der Waals surface area contributed by atoms with Crippen LogP contribution in [0.1, 0.15) is 27.2 Å². The zero-order valence-corrected chi connectivity index (χ0v) is 36.2. The van der Waals surface area contributed by atoms with Crippen LogP contribution in [0.5, 0.6) is 0 Å². The van der Waals surface area contributed by atoms with Crippen molar-refractivity contribution in [3.05, 3.63) is 0 Å². The Morgan fingerprint density at radius 3 is 1.25 bits per heavy atom. The van der Waals surface area contributed by atoms with E-state index in [4.69, 9.17) is 43.0 Å². The molecule has 0 aliphatic carbocycles. The fourth-order valence-corrected chi connectivity index (χ4v) is 4.06. The minimum Gasteiger partial charge on any atom is -0.396 e. The second-order valence-corrected chi connectivity index (χ2v) is 12.4. The van der Waals surface area contributed by atoms with E-state index in [-0.39, 0.29) is 37.1 Å². The van der Waals surface area contributed by atoms with E-state index in [9.17, 15) is 4.39 Å². The Kier molecular flexibility index (Phi) is 55.4. The Balaban J connectivity index is -0.000000173. The van der Waals surface area contributed by atoms with E-state index in [0.717, 1.165) is 45.9 Å². The van der Waals surface area contributed by atoms with Gasteiger partial charge in [0.05, 0.1) is 50.3 Å². The van der Waals surface area contributed by atoms with Gasteiger partial charge in [-0.25, -0.2) is 4.39 Å². The Bertz CT molecular complexity index is 577. The summed E-state index contributed by atoms with van der Waals surface area (Å²) < 4.78 is 52.6. The molecule has 2 N–H and O–H groups in total. The van der Waals surface area contributed by atoms with Gasteiger partial charge in [-0.1, -0.05) is 13.8 Å². The minimum atomic E-state index is -0.396. The molecule has 14 nitrogen and oxygen atoms in total. The van der Waals surface area contributed by atoms with Crippen molar-refractivity contribution in [2.24, 2.45) is 0 Å². The summed E-state index contributed by atoms with van der Waals surface area (Å²) in [5, 5.41) is 11.6. The fourth-order valence-electron chi connectivity index (χ4n) is 4.06. The third kappa shape index (κ3) is 49.4. The summed E-state index contributed by atoms with van der Waals surface area (Å²) in [7, 11) is 25.6. The molecule has 0 aromatic rings. The Hall–Kier alpha value is -0.630. The molecular formula is C36H86FN5O9. The maximum absolute atomic E-state index is 12.1. The summed E-state index contributed by atoms with van der Waals surface area (Å²) in [4.78, 5) is 8.36. The van der Waals surface area contributed by atoms with E-state index in [1.807, 2.05) is 61.2 Å². The van der Waals surface area contributed by atoms with Crippen molar-refractivity contribution in [2.45, 2.75) is 57.7 Å². The van der Waals surface area contributed by atoms with E-state index in [2.05, 4.69) is 33.9 Å². The summed E-state index contributed by atoms with van der Waals surface area (Å²) >= 11 is 0. The first-order valence-corrected chi connectivity index (χ1v) is 17.9. The van der Waals surface area contributed by atoms with Gasteiger partial charge < -0.3 is 67.9 Å². The standard InChI is InChI=1S/C8H18FNO.C8H19NO2.2C7H17NO2.C6H15NO2/c1-4-10(5-2)7-8(6-9)11-3;1-5-11-7-8(10-4)6-9(2)3;1-8(2)5-7(10-4)6-9-3;1-8(2)6-7(10-3)4-5-9;1-7-4-6(9-3)5-8-2/h8H,4-7H2,1-3H3;8H,5-7H2,1-4H3;7H,5-6H2,1-4H3;7,9H,4-6H2,1-3H3;6-7H,4-5H2,1-3H3. The molecule has 0 aromatic carbocycles. The molecule has 0 spiro atoms. The first-order valence-electron chi connectivity index (χ1n) is 17.9. The lowest BCUT2D eigenvalue weighted by molar-refractivity contribution is 0.000555. The molecule has 0 saturated heterocycles. The van der Waals surface area contributed by atoms with Crippen LogP contribution < -0.4 is 5.32 Å². The molecule has 0 amide bonds. The van der Waals surface area contributed by atoms with Gasteiger partial charge in [0.2, 0.25) is 0 Å². The molecule has 51 heavy (non-hydrogen) atoms. The van der Waals surface area contributed by atoms with Gasteiger partial charge >= 0.3 is 0 Å². The number of alkyl halides is 1. The van der Waals surface area contributed by atoms with Gasteiger partial charge in [0, 0.05) is 95.7 Å². The number of aliphatic hydroxyl groups is 1. The monoisotopic (exact) mass is 752 g/mol. The SMILES string of the molecule is CCN(CC)CC(CF)OC.CCOCC(CN(C)C)OC.CNCC(COC)OC.COC(CCO)CN(C)C.COCC(CN(C)C)OC. The zero-order chi connectivity index (χ0) is 40.5. The van der Waals surface area contributed by atoms with Gasteiger partial charge in [0.25, 0.3) is 0 Å². The van der Waals surface area contributed by atoms with E-state index >= 15 is 0 Å². The van der Waals surface area contributed by atoms with Crippen molar-refractivity contribution in [3.63, 3.8) is 0 Å². The number of hydrogen-bond acceptors (Lipinski definition) is 14. The number of likely N-dealkylation sites (N-methyl/N-ethyl adjacent to an activating group) is 5. The van der Waals surface area contributed by atoms with Crippen molar-refractivity contribution in [1.82, 2.24) is 24.9 Å². The molecule has 0 fully saturated rings. The number of methoxy groups -OCH3 is 7. The Morgan fingerprint density at radius 1 is 0.569 bits per heavy atom. The predicted octanol–water partition coefficient (Wildman–Crippen LogP) is 1.93. The van der Waals surface area contributed by atoms with E-state index in [1.165, 1.54) is 0 Å². The van der Waals surface area contributed by atoms with Crippen molar-refractivity contribution in [2.75, 3.05) is 185 Å². The highest BCUT2D eigenvalue weighted by Gasteiger charge is 2.10. The molecule has 0 saturated carbocycles. The van der Waals surface area contributed by atoms with Crippen LogP contribution in [0.15, 0.2) is 0 Å². The fraction of sp³-hybridized carbons (Fsp3) is 1.00. The lowest BCUT2D eigenvalue weighted by Crippen LogP contribution is -2.34. The van der Waals surface area contributed by atoms with Gasteiger partial charge in [-0.2, -0.15) is 0 Å². The predicted molar refractivity (Wildman–Crippen MR) is 209 cm³/mol. The number of ether oxygens (including phenoxy) is 8. The average molecular weight is 752 g/mol. The quantitative estimate of drug-likeness (QED) is 0.127. The van der Waals surface area contributed by atoms with Crippen LogP contribution in [0, 0.1) is 0 Å². The number of rotatable bonds is 27. The minimum absolute atomic E-state index is 0.167. The van der Waals surface area contributed by atoms with E-state index in [0.29, 0.717) is 32.8 Å². The molecule has 0 aliphatic rings. The molecular weight excluding hydrogens is 665 g/mol. The highest BCUT2D eigenvalue weighted by atomic mass is 19.1. The second-order valence-electron chi connectivity index (χ2n) is 12.4. The maximum Gasteiger partial charge on any atom is 0.117 e. The summed E-state index contributed by atoms with van der Waals surface area (Å²) in [6.45, 7) is 14.8. The Morgan fingerprint density at radius 2 is 0.961 bits per heavy atom. The zero-order valence-electron chi connectivity index (χ0n) is 36.2. The lowest BCUT2D eigenvalue weighted by Gasteiger charge is -2.22. The topological polar surface area (TPSA) is 119 Å². The smallest absolute Gasteiger partial charge is 0.117 e. The van der Waals surface area contributed by atoms with Gasteiger partial charge in [-0.15, -0.1) is 0 Å². The summed E-state index contributed by atoms with van der Waals surface area (Å²) in [6.07, 6.45) is 1.20. The summed E-state index contributed by atoms with van der Waals surface area (Å²) in [6, 6.07) is 0. The number of halogens is 1. The van der Waals surface area contributed by atoms with Crippen LogP contribution in [-0.2, 0) is 37.9 Å². The third-order valence-corrected chi connectivity index (χ3v) is 7.00. The van der Waals surface area contributed by atoms with Crippen molar-refractivity contribution >= 4 is 0 Å². The number of aliphatic hydroxyl groups excluding tert-OH is 1. The first kappa shape index (κ1) is 59.6. The van der Waals surface area contributed by atoms with Gasteiger partial charge in [0.15, 0.2) is 0 Å². The summed E-state index contributed by atoms with van der Waals surface area (Å²) in [5.74, 6) is 0. The molecule has 0 heterocycles. The largest absolute Gasteiger partial charge is 0.396 e. The van der Waals surface area contributed by atoms with Gasteiger partial charge in [-0.05, 0) is 75.8 Å². The molecule has 0 rings (SSSR count). The molecule has 0 bridgehead atoms. The molecule has 0 aliphatic heterocycles. The summed E-state index contributed by atoms with van der Waals surface area (Å²) in [5.41, 5.74) is 0. The van der Waals surface area contributed by atoms with Crippen LogP contribution in [0.2, 0.25) is 0 Å². The van der Waals surface area contributed by atoms with Crippen LogP contribution in [0.4, 0.5) is 4.39 Å². The maximum atomic E-state index is 12.1. The number of nitrogens with zero attached hydrogens (tertiary/aromatic N) is 4. The lowest BCUT2D eigenvalue weighted by atomic mass is 10.2. The van der Waals surface area contributed by atoms with E-state index < -0.39 is 6.67 Å². The van der Waals surface area contributed by atoms with Crippen LogP contribution in [-0.4, -0.2) is 240 Å². The van der Waals surface area contributed by atoms with Gasteiger partial charge in [-0.3, -0.25) is 0 Å². The molecule has 316 valence electrons. The molecule has 15 heteroatoms. The Labute approximate surface area is 314 Å². The average Bonchev–Trinajstić information content (AvgIpc) is 3.10. The third-order valence-electron chi connectivity index (χ3n) is 7.00. The second kappa shape index (κ2) is 47.4. The first-order chi connectivity index (χ1) is 24.2. The van der Waals surface area contributed by atoms with Crippen molar-refractivity contribution in [3.8, 4) is 0 Å². The van der Waals surface area contributed by atoms with Gasteiger partial charge in [0.1, 0.15) is 6.67 Å². The van der Waals surface area contributed by atoms with Crippen LogP contribution in [0.25, 0.3) is 0 Å². The normalized spacial score (nSPS) is 13.9. The highest BCUT2D eigenvalue weighted by molar-refractivity contribution is 4.63. The number of nitrogens with one attached hydrogen (secondary N) is 1. The molecule has 0 aromatic heterocycles. The number of hydrogen-bond donors (Lipinski definition) is 2. The molecule has 0 radical (unpaired) electrons. The van der Waals surface area contributed by atoms with Crippen LogP contribution in [0.3, 0.4) is 0 Å².